The number of nitrogens with one attached hydrogen (secondary N) is 2. The smallest absolute Gasteiger partial charge is 0.225 e. The number of pyridine rings is 1. The van der Waals surface area contributed by atoms with Gasteiger partial charge in [0.1, 0.15) is 11.9 Å². The molecule has 1 aliphatic heterocycles. The van der Waals surface area contributed by atoms with E-state index in [-0.39, 0.29) is 17.9 Å². The van der Waals surface area contributed by atoms with Crippen molar-refractivity contribution in [2.75, 3.05) is 13.7 Å². The van der Waals surface area contributed by atoms with E-state index in [1.807, 2.05) is 50.6 Å². The van der Waals surface area contributed by atoms with Gasteiger partial charge in [0.25, 0.3) is 0 Å². The zero-order valence-corrected chi connectivity index (χ0v) is 17.1. The van der Waals surface area contributed by atoms with E-state index in [4.69, 9.17) is 14.5 Å². The molecule has 0 spiro atoms. The third-order valence-corrected chi connectivity index (χ3v) is 5.72. The van der Waals surface area contributed by atoms with Crippen LogP contribution in [-0.4, -0.2) is 45.4 Å². The van der Waals surface area contributed by atoms with Gasteiger partial charge in [0.15, 0.2) is 0 Å². The van der Waals surface area contributed by atoms with Crippen LogP contribution in [0.15, 0.2) is 36.7 Å². The fraction of sp³-hybridized carbons (Fsp3) is 0.318. The van der Waals surface area contributed by atoms with Gasteiger partial charge in [-0.2, -0.15) is 5.10 Å². The largest absolute Gasteiger partial charge is 0.497 e. The van der Waals surface area contributed by atoms with E-state index >= 15 is 0 Å². The molecule has 1 aliphatic rings. The standard InChI is InChI=1S/C22H23N5O3/c1-12(13-6-21(28)24-9-13)30-22-17-11-27(2)26-20(17)8-19(25-22)16-10-23-18-5-4-14(29-3)7-15(16)18/h4-5,7-8,10-13,23H,6,9H2,1-3H3,(H,24,28)/t12?,13-/m1/s1. The second-order valence-corrected chi connectivity index (χ2v) is 7.75. The number of methoxy groups -OCH3 is 1. The Morgan fingerprint density at radius 2 is 2.13 bits per heavy atom. The molecule has 1 amide bonds. The SMILES string of the molecule is COc1ccc2[nH]cc(-c3cc4nn(C)cc4c(OC(C)[C@H]4CNC(=O)C4)n3)c2c1. The molecule has 2 atom stereocenters. The van der Waals surface area contributed by atoms with E-state index in [2.05, 4.69) is 15.4 Å². The number of hydrogen-bond acceptors (Lipinski definition) is 5. The molecule has 0 saturated carbocycles. The fourth-order valence-corrected chi connectivity index (χ4v) is 4.01. The minimum atomic E-state index is -0.154. The molecule has 2 N–H and O–H groups in total. The highest BCUT2D eigenvalue weighted by Gasteiger charge is 2.29. The molecule has 1 fully saturated rings. The summed E-state index contributed by atoms with van der Waals surface area (Å²) in [6, 6.07) is 7.87. The van der Waals surface area contributed by atoms with Crippen LogP contribution in [0, 0.1) is 5.92 Å². The molecule has 3 aromatic heterocycles. The van der Waals surface area contributed by atoms with Gasteiger partial charge < -0.3 is 19.8 Å². The van der Waals surface area contributed by atoms with Gasteiger partial charge in [0.05, 0.1) is 23.7 Å². The minimum absolute atomic E-state index is 0.0661. The number of hydrogen-bond donors (Lipinski definition) is 2. The van der Waals surface area contributed by atoms with Gasteiger partial charge in [-0.3, -0.25) is 9.48 Å². The molecule has 0 aliphatic carbocycles. The molecule has 1 aromatic carbocycles. The Morgan fingerprint density at radius 3 is 2.90 bits per heavy atom. The van der Waals surface area contributed by atoms with Crippen LogP contribution in [0.25, 0.3) is 33.1 Å². The molecular weight excluding hydrogens is 382 g/mol. The summed E-state index contributed by atoms with van der Waals surface area (Å²) in [5, 5.41) is 9.31. The molecule has 0 radical (unpaired) electrons. The summed E-state index contributed by atoms with van der Waals surface area (Å²) in [4.78, 5) is 19.7. The van der Waals surface area contributed by atoms with E-state index in [0.29, 0.717) is 18.8 Å². The maximum Gasteiger partial charge on any atom is 0.225 e. The van der Waals surface area contributed by atoms with Crippen molar-refractivity contribution < 1.29 is 14.3 Å². The number of nitrogens with zero attached hydrogens (tertiary/aromatic N) is 3. The lowest BCUT2D eigenvalue weighted by molar-refractivity contribution is -0.119. The average molecular weight is 405 g/mol. The lowest BCUT2D eigenvalue weighted by atomic mass is 10.0. The zero-order valence-electron chi connectivity index (χ0n) is 17.1. The molecule has 154 valence electrons. The number of ether oxygens (including phenoxy) is 2. The predicted molar refractivity (Wildman–Crippen MR) is 114 cm³/mol. The summed E-state index contributed by atoms with van der Waals surface area (Å²) in [6.45, 7) is 2.61. The molecule has 0 bridgehead atoms. The van der Waals surface area contributed by atoms with Crippen LogP contribution < -0.4 is 14.8 Å². The van der Waals surface area contributed by atoms with Gasteiger partial charge >= 0.3 is 0 Å². The molecule has 5 rings (SSSR count). The van der Waals surface area contributed by atoms with Crippen LogP contribution >= 0.6 is 0 Å². The second kappa shape index (κ2) is 7.05. The number of carbonyl (C=O) groups is 1. The molecule has 8 nitrogen and oxygen atoms in total. The van der Waals surface area contributed by atoms with Crippen LogP contribution in [0.3, 0.4) is 0 Å². The van der Waals surface area contributed by atoms with Crippen molar-refractivity contribution in [1.82, 2.24) is 25.1 Å². The molecule has 1 unspecified atom stereocenters. The Balaban J connectivity index is 1.59. The number of H-pyrrole nitrogens is 1. The Morgan fingerprint density at radius 1 is 1.27 bits per heavy atom. The molecule has 8 heteroatoms. The number of aryl methyl sites for hydroxylation is 1. The zero-order chi connectivity index (χ0) is 20.8. The number of aromatic nitrogens is 4. The lowest BCUT2D eigenvalue weighted by Gasteiger charge is -2.19. The summed E-state index contributed by atoms with van der Waals surface area (Å²) < 4.78 is 13.4. The van der Waals surface area contributed by atoms with Crippen LogP contribution in [0.2, 0.25) is 0 Å². The van der Waals surface area contributed by atoms with E-state index in [1.165, 1.54) is 0 Å². The first kappa shape index (κ1) is 18.5. The van der Waals surface area contributed by atoms with Crippen molar-refractivity contribution in [1.29, 1.82) is 0 Å². The Labute approximate surface area is 173 Å². The highest BCUT2D eigenvalue weighted by atomic mass is 16.5. The second-order valence-electron chi connectivity index (χ2n) is 7.75. The van der Waals surface area contributed by atoms with Crippen molar-refractivity contribution in [2.24, 2.45) is 13.0 Å². The fourth-order valence-electron chi connectivity index (χ4n) is 4.01. The number of benzene rings is 1. The Kier molecular flexibility index (Phi) is 4.34. The number of carbonyl (C=O) groups excluding carboxylic acids is 1. The van der Waals surface area contributed by atoms with Gasteiger partial charge in [-0.15, -0.1) is 0 Å². The van der Waals surface area contributed by atoms with Crippen LogP contribution in [-0.2, 0) is 11.8 Å². The van der Waals surface area contributed by atoms with Crippen molar-refractivity contribution in [3.8, 4) is 22.9 Å². The van der Waals surface area contributed by atoms with Crippen LogP contribution in [0.1, 0.15) is 13.3 Å². The highest BCUT2D eigenvalue weighted by Crippen LogP contribution is 2.35. The Bertz CT molecular complexity index is 1260. The summed E-state index contributed by atoms with van der Waals surface area (Å²) >= 11 is 0. The first-order chi connectivity index (χ1) is 14.5. The minimum Gasteiger partial charge on any atom is -0.497 e. The lowest BCUT2D eigenvalue weighted by Crippen LogP contribution is -2.26. The van der Waals surface area contributed by atoms with Crippen molar-refractivity contribution in [2.45, 2.75) is 19.4 Å². The van der Waals surface area contributed by atoms with Crippen LogP contribution in [0.5, 0.6) is 11.6 Å². The maximum absolute atomic E-state index is 11.6. The van der Waals surface area contributed by atoms with E-state index in [1.54, 1.807) is 11.8 Å². The number of amides is 1. The normalized spacial score (nSPS) is 17.4. The number of fused-ring (bicyclic) bond motifs is 2. The van der Waals surface area contributed by atoms with E-state index < -0.39 is 0 Å². The maximum atomic E-state index is 11.6. The van der Waals surface area contributed by atoms with Crippen molar-refractivity contribution >= 4 is 27.7 Å². The van der Waals surface area contributed by atoms with Gasteiger partial charge in [-0.05, 0) is 31.2 Å². The third-order valence-electron chi connectivity index (χ3n) is 5.72. The summed E-state index contributed by atoms with van der Waals surface area (Å²) in [5.74, 6) is 1.49. The van der Waals surface area contributed by atoms with E-state index in [9.17, 15) is 4.79 Å². The number of rotatable bonds is 5. The molecular formula is C22H23N5O3. The van der Waals surface area contributed by atoms with Crippen LogP contribution in [0.4, 0.5) is 0 Å². The van der Waals surface area contributed by atoms with Gasteiger partial charge in [0.2, 0.25) is 11.8 Å². The van der Waals surface area contributed by atoms with Gasteiger partial charge in [0, 0.05) is 54.8 Å². The van der Waals surface area contributed by atoms with E-state index in [0.717, 1.165) is 38.8 Å². The molecule has 4 aromatic rings. The van der Waals surface area contributed by atoms with Crippen molar-refractivity contribution in [3.63, 3.8) is 0 Å². The predicted octanol–water partition coefficient (Wildman–Crippen LogP) is 3.03. The molecule has 30 heavy (non-hydrogen) atoms. The highest BCUT2D eigenvalue weighted by molar-refractivity contribution is 5.97. The quantitative estimate of drug-likeness (QED) is 0.532. The Hall–Kier alpha value is -3.55. The average Bonchev–Trinajstić information content (AvgIpc) is 3.44. The van der Waals surface area contributed by atoms with Gasteiger partial charge in [-0.1, -0.05) is 0 Å². The third kappa shape index (κ3) is 3.14. The van der Waals surface area contributed by atoms with Gasteiger partial charge in [-0.25, -0.2) is 4.98 Å². The summed E-state index contributed by atoms with van der Waals surface area (Å²) in [7, 11) is 3.53. The number of aromatic amines is 1. The summed E-state index contributed by atoms with van der Waals surface area (Å²) in [5.41, 5.74) is 3.53. The first-order valence-electron chi connectivity index (χ1n) is 9.95. The summed E-state index contributed by atoms with van der Waals surface area (Å²) in [6.07, 6.45) is 4.16. The molecule has 4 heterocycles. The first-order valence-corrected chi connectivity index (χ1v) is 9.95. The molecule has 1 saturated heterocycles. The topological polar surface area (TPSA) is 94.1 Å². The van der Waals surface area contributed by atoms with Crippen molar-refractivity contribution in [3.05, 3.63) is 36.7 Å². The monoisotopic (exact) mass is 405 g/mol.